The van der Waals surface area contributed by atoms with E-state index >= 15 is 0 Å². The van der Waals surface area contributed by atoms with Crippen LogP contribution in [0.15, 0.2) is 0 Å². The summed E-state index contributed by atoms with van der Waals surface area (Å²) in [6, 6.07) is 0. The first-order chi connectivity index (χ1) is 10.2. The highest BCUT2D eigenvalue weighted by molar-refractivity contribution is 7.13. The van der Waals surface area contributed by atoms with Gasteiger partial charge in [-0.3, -0.25) is 4.79 Å². The van der Waals surface area contributed by atoms with Gasteiger partial charge >= 0.3 is 0 Å². The molecule has 0 aromatic carbocycles. The lowest BCUT2D eigenvalue weighted by Gasteiger charge is -2.49. The zero-order chi connectivity index (χ0) is 16.5. The predicted molar refractivity (Wildman–Crippen MR) is 87.4 cm³/mol. The van der Waals surface area contributed by atoms with Gasteiger partial charge in [-0.15, -0.1) is 11.3 Å². The van der Waals surface area contributed by atoms with E-state index in [2.05, 4.69) is 4.98 Å². The standard InChI is InChI=1S/C16H26N2O3S/c1-6-12-17-11(2)13(22-12)14(19)18-8-7-16(20,10-21-5)15(3,4)9-18/h20H,6-10H2,1-5H3/t16-/m1/s1. The second-order valence-corrected chi connectivity index (χ2v) is 7.78. The molecule has 2 rings (SSSR count). The molecule has 0 saturated carbocycles. The van der Waals surface area contributed by atoms with Gasteiger partial charge in [0.05, 0.1) is 22.9 Å². The summed E-state index contributed by atoms with van der Waals surface area (Å²) in [5, 5.41) is 11.8. The molecule has 1 aromatic rings. The van der Waals surface area contributed by atoms with Crippen molar-refractivity contribution in [1.82, 2.24) is 9.88 Å². The molecule has 1 aromatic heterocycles. The number of likely N-dealkylation sites (tertiary alicyclic amines) is 1. The Kier molecular flexibility index (Phi) is 4.94. The van der Waals surface area contributed by atoms with Gasteiger partial charge in [0.1, 0.15) is 4.88 Å². The van der Waals surface area contributed by atoms with Crippen molar-refractivity contribution in [2.24, 2.45) is 5.41 Å². The Labute approximate surface area is 136 Å². The number of amides is 1. The molecule has 1 saturated heterocycles. The third-order valence-corrected chi connectivity index (χ3v) is 5.94. The number of methoxy groups -OCH3 is 1. The van der Waals surface area contributed by atoms with Crippen LogP contribution in [0.2, 0.25) is 0 Å². The minimum Gasteiger partial charge on any atom is -0.387 e. The Morgan fingerprint density at radius 2 is 2.18 bits per heavy atom. The molecule has 1 aliphatic rings. The average molecular weight is 326 g/mol. The Morgan fingerprint density at radius 3 is 2.68 bits per heavy atom. The minimum atomic E-state index is -0.893. The van der Waals surface area contributed by atoms with Crippen molar-refractivity contribution in [3.8, 4) is 0 Å². The number of ether oxygens (including phenoxy) is 1. The summed E-state index contributed by atoms with van der Waals surface area (Å²) in [5.74, 6) is 0.0299. The molecule has 0 radical (unpaired) electrons. The molecule has 0 spiro atoms. The largest absolute Gasteiger partial charge is 0.387 e. The molecule has 124 valence electrons. The number of aliphatic hydroxyl groups is 1. The average Bonchev–Trinajstić information content (AvgIpc) is 2.83. The molecule has 2 heterocycles. The van der Waals surface area contributed by atoms with Gasteiger partial charge in [0.15, 0.2) is 0 Å². The fraction of sp³-hybridized carbons (Fsp3) is 0.750. The maximum Gasteiger partial charge on any atom is 0.265 e. The van der Waals surface area contributed by atoms with Gasteiger partial charge in [0.25, 0.3) is 5.91 Å². The summed E-state index contributed by atoms with van der Waals surface area (Å²) >= 11 is 1.48. The number of carbonyl (C=O) groups excluding carboxylic acids is 1. The third kappa shape index (κ3) is 3.05. The van der Waals surface area contributed by atoms with Gasteiger partial charge in [0.2, 0.25) is 0 Å². The van der Waals surface area contributed by atoms with Gasteiger partial charge in [-0.1, -0.05) is 20.8 Å². The van der Waals surface area contributed by atoms with Crippen LogP contribution in [0, 0.1) is 12.3 Å². The summed E-state index contributed by atoms with van der Waals surface area (Å²) in [5.41, 5.74) is -0.499. The first kappa shape index (κ1) is 17.4. The molecular formula is C16H26N2O3S. The highest BCUT2D eigenvalue weighted by Gasteiger charge is 2.48. The molecule has 0 aliphatic carbocycles. The molecule has 0 unspecified atom stereocenters. The lowest BCUT2D eigenvalue weighted by molar-refractivity contribution is -0.144. The summed E-state index contributed by atoms with van der Waals surface area (Å²) in [4.78, 5) is 19.8. The van der Waals surface area contributed by atoms with Gasteiger partial charge in [0, 0.05) is 25.6 Å². The number of aryl methyl sites for hydroxylation is 2. The van der Waals surface area contributed by atoms with Crippen molar-refractivity contribution in [3.63, 3.8) is 0 Å². The zero-order valence-electron chi connectivity index (χ0n) is 14.1. The van der Waals surface area contributed by atoms with Gasteiger partial charge in [-0.05, 0) is 19.8 Å². The van der Waals surface area contributed by atoms with E-state index in [0.717, 1.165) is 22.0 Å². The molecule has 0 bridgehead atoms. The van der Waals surface area contributed by atoms with Crippen molar-refractivity contribution in [1.29, 1.82) is 0 Å². The number of hydrogen-bond donors (Lipinski definition) is 1. The lowest BCUT2D eigenvalue weighted by Crippen LogP contribution is -2.60. The normalized spacial score (nSPS) is 24.5. The number of hydrogen-bond acceptors (Lipinski definition) is 5. The van der Waals surface area contributed by atoms with Gasteiger partial charge in [-0.25, -0.2) is 4.98 Å². The number of thiazole rings is 1. The van der Waals surface area contributed by atoms with Crippen LogP contribution in [0.3, 0.4) is 0 Å². The number of rotatable bonds is 4. The second kappa shape index (κ2) is 6.26. The summed E-state index contributed by atoms with van der Waals surface area (Å²) < 4.78 is 5.18. The molecular weight excluding hydrogens is 300 g/mol. The van der Waals surface area contributed by atoms with Gasteiger partial charge in [-0.2, -0.15) is 0 Å². The zero-order valence-corrected chi connectivity index (χ0v) is 14.9. The maximum absolute atomic E-state index is 12.8. The Morgan fingerprint density at radius 1 is 1.50 bits per heavy atom. The van der Waals surface area contributed by atoms with E-state index in [4.69, 9.17) is 4.74 Å². The fourth-order valence-corrected chi connectivity index (χ4v) is 3.96. The van der Waals surface area contributed by atoms with Crippen LogP contribution in [-0.2, 0) is 11.2 Å². The van der Waals surface area contributed by atoms with E-state index in [1.807, 2.05) is 32.6 Å². The highest BCUT2D eigenvalue weighted by atomic mass is 32.1. The third-order valence-electron chi connectivity index (χ3n) is 4.65. The highest BCUT2D eigenvalue weighted by Crippen LogP contribution is 2.39. The molecule has 5 nitrogen and oxygen atoms in total. The Hall–Kier alpha value is -0.980. The molecule has 1 atom stereocenters. The van der Waals surface area contributed by atoms with Crippen LogP contribution >= 0.6 is 11.3 Å². The van der Waals surface area contributed by atoms with Crippen molar-refractivity contribution in [2.45, 2.75) is 46.1 Å². The quantitative estimate of drug-likeness (QED) is 0.922. The van der Waals surface area contributed by atoms with E-state index in [1.165, 1.54) is 11.3 Å². The summed E-state index contributed by atoms with van der Waals surface area (Å²) in [7, 11) is 1.60. The molecule has 6 heteroatoms. The van der Waals surface area contributed by atoms with Crippen molar-refractivity contribution < 1.29 is 14.6 Å². The van der Waals surface area contributed by atoms with E-state index in [-0.39, 0.29) is 5.91 Å². The first-order valence-electron chi connectivity index (χ1n) is 7.71. The molecule has 22 heavy (non-hydrogen) atoms. The molecule has 1 amide bonds. The molecule has 1 fully saturated rings. The van der Waals surface area contributed by atoms with Crippen LogP contribution < -0.4 is 0 Å². The van der Waals surface area contributed by atoms with Crippen LogP contribution in [0.1, 0.15) is 47.6 Å². The van der Waals surface area contributed by atoms with E-state index in [1.54, 1.807) is 7.11 Å². The summed E-state index contributed by atoms with van der Waals surface area (Å²) in [6.45, 7) is 9.26. The van der Waals surface area contributed by atoms with Crippen molar-refractivity contribution >= 4 is 17.2 Å². The van der Waals surface area contributed by atoms with E-state index in [0.29, 0.717) is 26.1 Å². The smallest absolute Gasteiger partial charge is 0.265 e. The lowest BCUT2D eigenvalue weighted by atomic mass is 9.70. The van der Waals surface area contributed by atoms with Crippen molar-refractivity contribution in [2.75, 3.05) is 26.8 Å². The SMILES string of the molecule is CCc1nc(C)c(C(=O)N2CC[C@@](O)(COC)C(C)(C)C2)s1. The number of piperidine rings is 1. The van der Waals surface area contributed by atoms with E-state index in [9.17, 15) is 9.90 Å². The van der Waals surface area contributed by atoms with Crippen LogP contribution in [-0.4, -0.2) is 53.3 Å². The predicted octanol–water partition coefficient (Wildman–Crippen LogP) is 2.26. The van der Waals surface area contributed by atoms with Crippen LogP contribution in [0.5, 0.6) is 0 Å². The van der Waals surface area contributed by atoms with Crippen molar-refractivity contribution in [3.05, 3.63) is 15.6 Å². The van der Waals surface area contributed by atoms with Gasteiger partial charge < -0.3 is 14.7 Å². The first-order valence-corrected chi connectivity index (χ1v) is 8.52. The fourth-order valence-electron chi connectivity index (χ4n) is 2.99. The second-order valence-electron chi connectivity index (χ2n) is 6.70. The monoisotopic (exact) mass is 326 g/mol. The summed E-state index contributed by atoms with van der Waals surface area (Å²) in [6.07, 6.45) is 1.37. The Balaban J connectivity index is 2.18. The minimum absolute atomic E-state index is 0.0299. The number of nitrogens with zero attached hydrogens (tertiary/aromatic N) is 2. The van der Waals surface area contributed by atoms with Crippen LogP contribution in [0.4, 0.5) is 0 Å². The van der Waals surface area contributed by atoms with Crippen LogP contribution in [0.25, 0.3) is 0 Å². The number of aromatic nitrogens is 1. The molecule has 1 N–H and O–H groups in total. The number of carbonyl (C=O) groups is 1. The topological polar surface area (TPSA) is 62.7 Å². The van der Waals surface area contributed by atoms with E-state index < -0.39 is 11.0 Å². The Bertz CT molecular complexity index is 556. The maximum atomic E-state index is 12.8. The molecule has 1 aliphatic heterocycles.